The molecule has 4 heteroatoms. The molecular formula is C11H16BrNS2. The molecule has 1 heterocycles. The lowest BCUT2D eigenvalue weighted by Gasteiger charge is -2.11. The number of thiophene rings is 1. The van der Waals surface area contributed by atoms with E-state index in [0.29, 0.717) is 0 Å². The molecular weight excluding hydrogens is 290 g/mol. The quantitative estimate of drug-likeness (QED) is 0.906. The third-order valence-corrected chi connectivity index (χ3v) is 5.70. The molecule has 2 atom stereocenters. The average Bonchev–Trinajstić information content (AvgIpc) is 2.83. The Hall–Kier alpha value is 0.490. The molecule has 1 N–H and O–H groups in total. The van der Waals surface area contributed by atoms with Crippen molar-refractivity contribution in [2.24, 2.45) is 0 Å². The maximum Gasteiger partial charge on any atom is 0.0302 e. The summed E-state index contributed by atoms with van der Waals surface area (Å²) < 4.78 is 1.21. The highest BCUT2D eigenvalue weighted by Crippen LogP contribution is 2.28. The van der Waals surface area contributed by atoms with Crippen molar-refractivity contribution in [3.05, 3.63) is 20.8 Å². The third-order valence-electron chi connectivity index (χ3n) is 2.90. The molecule has 0 bridgehead atoms. The number of rotatable bonds is 4. The van der Waals surface area contributed by atoms with Crippen molar-refractivity contribution in [3.63, 3.8) is 0 Å². The lowest BCUT2D eigenvalue weighted by atomic mass is 10.2. The molecule has 0 radical (unpaired) electrons. The smallest absolute Gasteiger partial charge is 0.0302 e. The summed E-state index contributed by atoms with van der Waals surface area (Å²) >= 11 is 7.33. The van der Waals surface area contributed by atoms with Gasteiger partial charge in [-0.15, -0.1) is 11.3 Å². The summed E-state index contributed by atoms with van der Waals surface area (Å²) in [6.07, 6.45) is 6.29. The Morgan fingerprint density at radius 2 is 2.47 bits per heavy atom. The molecule has 1 nitrogen and oxygen atoms in total. The van der Waals surface area contributed by atoms with Crippen LogP contribution in [-0.2, 0) is 6.54 Å². The van der Waals surface area contributed by atoms with Crippen LogP contribution in [0, 0.1) is 0 Å². The van der Waals surface area contributed by atoms with Crippen LogP contribution in [-0.4, -0.2) is 17.5 Å². The monoisotopic (exact) mass is 305 g/mol. The van der Waals surface area contributed by atoms with Gasteiger partial charge in [-0.1, -0.05) is 0 Å². The molecule has 2 unspecified atom stereocenters. The summed E-state index contributed by atoms with van der Waals surface area (Å²) in [5.74, 6) is 0. The molecule has 1 saturated carbocycles. The number of hydrogen-bond donors (Lipinski definition) is 1. The molecule has 84 valence electrons. The van der Waals surface area contributed by atoms with E-state index in [9.17, 15) is 0 Å². The van der Waals surface area contributed by atoms with E-state index in [1.54, 1.807) is 0 Å². The minimum absolute atomic E-state index is 0.739. The van der Waals surface area contributed by atoms with Gasteiger partial charge in [-0.2, -0.15) is 11.8 Å². The number of halogens is 1. The fourth-order valence-electron chi connectivity index (χ4n) is 2.03. The van der Waals surface area contributed by atoms with Crippen LogP contribution in [0.2, 0.25) is 0 Å². The second-order valence-electron chi connectivity index (χ2n) is 3.98. The van der Waals surface area contributed by atoms with Crippen LogP contribution < -0.4 is 5.32 Å². The van der Waals surface area contributed by atoms with E-state index in [0.717, 1.165) is 17.8 Å². The van der Waals surface area contributed by atoms with E-state index in [1.165, 1.54) is 28.6 Å². The van der Waals surface area contributed by atoms with Gasteiger partial charge in [0.15, 0.2) is 0 Å². The first-order valence-electron chi connectivity index (χ1n) is 5.27. The zero-order chi connectivity index (χ0) is 10.7. The van der Waals surface area contributed by atoms with Crippen molar-refractivity contribution < 1.29 is 0 Å². The Morgan fingerprint density at radius 1 is 1.60 bits per heavy atom. The first-order valence-corrected chi connectivity index (χ1v) is 8.23. The lowest BCUT2D eigenvalue weighted by molar-refractivity contribution is 0.528. The van der Waals surface area contributed by atoms with Gasteiger partial charge in [0.1, 0.15) is 0 Å². The molecule has 0 amide bonds. The van der Waals surface area contributed by atoms with Gasteiger partial charge in [-0.25, -0.2) is 0 Å². The second kappa shape index (κ2) is 5.71. The van der Waals surface area contributed by atoms with Gasteiger partial charge in [-0.3, -0.25) is 0 Å². The van der Waals surface area contributed by atoms with Crippen molar-refractivity contribution in [2.75, 3.05) is 6.26 Å². The predicted molar refractivity (Wildman–Crippen MR) is 73.8 cm³/mol. The van der Waals surface area contributed by atoms with Gasteiger partial charge in [0.25, 0.3) is 0 Å². The number of nitrogens with one attached hydrogen (secondary N) is 1. The molecule has 0 aromatic carbocycles. The fourth-order valence-corrected chi connectivity index (χ4v) is 4.23. The Kier molecular flexibility index (Phi) is 4.55. The van der Waals surface area contributed by atoms with E-state index in [2.05, 4.69) is 38.9 Å². The molecule has 0 aliphatic heterocycles. The number of thioether (sulfide) groups is 1. The molecule has 0 spiro atoms. The van der Waals surface area contributed by atoms with Gasteiger partial charge in [0.2, 0.25) is 0 Å². The van der Waals surface area contributed by atoms with Gasteiger partial charge in [-0.05, 0) is 47.5 Å². The van der Waals surface area contributed by atoms with Gasteiger partial charge in [0, 0.05) is 32.6 Å². The van der Waals surface area contributed by atoms with Gasteiger partial charge in [0.05, 0.1) is 0 Å². The lowest BCUT2D eigenvalue weighted by Crippen LogP contribution is -2.25. The first kappa shape index (κ1) is 12.0. The van der Waals surface area contributed by atoms with Crippen LogP contribution in [0.3, 0.4) is 0 Å². The molecule has 1 aliphatic rings. The van der Waals surface area contributed by atoms with Crippen molar-refractivity contribution in [3.8, 4) is 0 Å². The first-order chi connectivity index (χ1) is 7.28. The minimum atomic E-state index is 0.739. The molecule has 2 rings (SSSR count). The third kappa shape index (κ3) is 3.48. The molecule has 1 fully saturated rings. The summed E-state index contributed by atoms with van der Waals surface area (Å²) in [6, 6.07) is 2.95. The van der Waals surface area contributed by atoms with Crippen LogP contribution in [0.1, 0.15) is 24.1 Å². The largest absolute Gasteiger partial charge is 0.309 e. The van der Waals surface area contributed by atoms with E-state index in [-0.39, 0.29) is 0 Å². The summed E-state index contributed by atoms with van der Waals surface area (Å²) in [5.41, 5.74) is 0. The molecule has 0 saturated heterocycles. The number of hydrogen-bond acceptors (Lipinski definition) is 3. The average molecular weight is 306 g/mol. The zero-order valence-corrected chi connectivity index (χ0v) is 12.1. The van der Waals surface area contributed by atoms with Crippen molar-refractivity contribution in [2.45, 2.75) is 37.1 Å². The summed E-state index contributed by atoms with van der Waals surface area (Å²) in [7, 11) is 0. The van der Waals surface area contributed by atoms with Crippen LogP contribution in [0.4, 0.5) is 0 Å². The van der Waals surface area contributed by atoms with Crippen LogP contribution in [0.25, 0.3) is 0 Å². The van der Waals surface area contributed by atoms with E-state index >= 15 is 0 Å². The Bertz CT molecular complexity index is 313. The SMILES string of the molecule is CSC1CCC(NCc2cc(Br)cs2)C1. The summed E-state index contributed by atoms with van der Waals surface area (Å²) in [5, 5.41) is 6.69. The maximum atomic E-state index is 3.65. The molecule has 1 aromatic rings. The zero-order valence-electron chi connectivity index (χ0n) is 8.83. The highest BCUT2D eigenvalue weighted by Gasteiger charge is 2.23. The molecule has 1 aromatic heterocycles. The van der Waals surface area contributed by atoms with Crippen molar-refractivity contribution in [1.82, 2.24) is 5.32 Å². The van der Waals surface area contributed by atoms with Gasteiger partial charge < -0.3 is 5.32 Å². The second-order valence-corrected chi connectivity index (χ2v) is 7.03. The Morgan fingerprint density at radius 3 is 3.07 bits per heavy atom. The van der Waals surface area contributed by atoms with E-state index < -0.39 is 0 Å². The fraction of sp³-hybridized carbons (Fsp3) is 0.636. The minimum Gasteiger partial charge on any atom is -0.309 e. The van der Waals surface area contributed by atoms with Crippen LogP contribution >= 0.6 is 39.0 Å². The molecule has 15 heavy (non-hydrogen) atoms. The summed E-state index contributed by atoms with van der Waals surface area (Å²) in [4.78, 5) is 1.43. The Labute approximate surface area is 108 Å². The highest BCUT2D eigenvalue weighted by atomic mass is 79.9. The topological polar surface area (TPSA) is 12.0 Å². The van der Waals surface area contributed by atoms with E-state index in [1.807, 2.05) is 23.1 Å². The predicted octanol–water partition coefficient (Wildman–Crippen LogP) is 3.88. The molecule has 1 aliphatic carbocycles. The highest BCUT2D eigenvalue weighted by molar-refractivity contribution is 9.10. The van der Waals surface area contributed by atoms with Gasteiger partial charge >= 0.3 is 0 Å². The van der Waals surface area contributed by atoms with Crippen LogP contribution in [0.5, 0.6) is 0 Å². The van der Waals surface area contributed by atoms with Crippen molar-refractivity contribution >= 4 is 39.0 Å². The maximum absolute atomic E-state index is 3.65. The summed E-state index contributed by atoms with van der Waals surface area (Å²) in [6.45, 7) is 1.03. The van der Waals surface area contributed by atoms with Crippen LogP contribution in [0.15, 0.2) is 15.9 Å². The Balaban J connectivity index is 1.75. The van der Waals surface area contributed by atoms with Crippen molar-refractivity contribution in [1.29, 1.82) is 0 Å². The van der Waals surface area contributed by atoms with E-state index in [4.69, 9.17) is 0 Å². The standard InChI is InChI=1S/C11H16BrNS2/c1-14-10-3-2-9(5-10)13-6-11-4-8(12)7-15-11/h4,7,9-10,13H,2-3,5-6H2,1H3. The normalized spacial score (nSPS) is 26.0.